The SMILES string of the molecule is CC(C)(C)OC(=O)N1CCN(C2CC(n3cc4cc(NC(=O)C(F)(F)F)c(C(C)(C)O)cc4n3)C2)CC1. The highest BCUT2D eigenvalue weighted by Gasteiger charge is 2.40. The highest BCUT2D eigenvalue weighted by Crippen LogP contribution is 2.38. The van der Waals surface area contributed by atoms with Crippen LogP contribution in [0.5, 0.6) is 0 Å². The lowest BCUT2D eigenvalue weighted by Crippen LogP contribution is -2.55. The second kappa shape index (κ2) is 9.46. The van der Waals surface area contributed by atoms with Crippen LogP contribution in [0.15, 0.2) is 18.3 Å². The van der Waals surface area contributed by atoms with Gasteiger partial charge in [-0.2, -0.15) is 18.3 Å². The molecule has 2 heterocycles. The Balaban J connectivity index is 1.41. The summed E-state index contributed by atoms with van der Waals surface area (Å²) in [5.41, 5.74) is -1.44. The van der Waals surface area contributed by atoms with Crippen molar-refractivity contribution in [3.63, 3.8) is 0 Å². The number of nitrogens with one attached hydrogen (secondary N) is 1. The minimum atomic E-state index is -5.05. The summed E-state index contributed by atoms with van der Waals surface area (Å²) in [6.07, 6.45) is -1.87. The van der Waals surface area contributed by atoms with E-state index in [2.05, 4.69) is 10.00 Å². The minimum Gasteiger partial charge on any atom is -0.444 e. The summed E-state index contributed by atoms with van der Waals surface area (Å²) in [6.45, 7) is 11.1. The van der Waals surface area contributed by atoms with E-state index in [-0.39, 0.29) is 23.4 Å². The van der Waals surface area contributed by atoms with Crippen molar-refractivity contribution in [2.45, 2.75) is 76.9 Å². The van der Waals surface area contributed by atoms with Gasteiger partial charge in [-0.1, -0.05) is 0 Å². The van der Waals surface area contributed by atoms with Crippen LogP contribution in [0.2, 0.25) is 0 Å². The maximum Gasteiger partial charge on any atom is 0.471 e. The summed E-state index contributed by atoms with van der Waals surface area (Å²) >= 11 is 0. The first-order chi connectivity index (χ1) is 17.0. The molecule has 2 amide bonds. The number of nitrogens with zero attached hydrogens (tertiary/aromatic N) is 4. The van der Waals surface area contributed by atoms with Crippen molar-refractivity contribution in [3.05, 3.63) is 23.9 Å². The molecule has 2 fully saturated rings. The van der Waals surface area contributed by atoms with Crippen molar-refractivity contribution in [3.8, 4) is 0 Å². The highest BCUT2D eigenvalue weighted by molar-refractivity contribution is 5.98. The van der Waals surface area contributed by atoms with Gasteiger partial charge in [0.15, 0.2) is 0 Å². The maximum absolute atomic E-state index is 12.8. The van der Waals surface area contributed by atoms with Gasteiger partial charge in [-0.3, -0.25) is 14.4 Å². The Morgan fingerprint density at radius 1 is 1.03 bits per heavy atom. The number of halogens is 3. The van der Waals surface area contributed by atoms with E-state index in [4.69, 9.17) is 4.74 Å². The minimum absolute atomic E-state index is 0.101. The molecule has 0 bridgehead atoms. The van der Waals surface area contributed by atoms with Crippen LogP contribution in [0, 0.1) is 0 Å². The predicted octanol–water partition coefficient (Wildman–Crippen LogP) is 4.02. The Labute approximate surface area is 213 Å². The van der Waals surface area contributed by atoms with E-state index in [0.717, 1.165) is 25.9 Å². The lowest BCUT2D eigenvalue weighted by atomic mass is 9.85. The topological polar surface area (TPSA) is 99.9 Å². The molecule has 1 aromatic heterocycles. The van der Waals surface area contributed by atoms with E-state index >= 15 is 0 Å². The first kappa shape index (κ1) is 27.2. The average molecular weight is 526 g/mol. The largest absolute Gasteiger partial charge is 0.471 e. The van der Waals surface area contributed by atoms with Crippen LogP contribution in [0.3, 0.4) is 0 Å². The molecule has 1 aromatic carbocycles. The third kappa shape index (κ3) is 6.18. The second-order valence-electron chi connectivity index (χ2n) is 11.4. The number of carbonyl (C=O) groups is 2. The molecule has 1 aliphatic carbocycles. The summed E-state index contributed by atoms with van der Waals surface area (Å²) in [6, 6.07) is 3.41. The third-order valence-corrected chi connectivity index (χ3v) is 6.77. The van der Waals surface area contributed by atoms with E-state index in [0.29, 0.717) is 30.0 Å². The van der Waals surface area contributed by atoms with Crippen molar-refractivity contribution in [1.82, 2.24) is 19.6 Å². The summed E-state index contributed by atoms with van der Waals surface area (Å²) in [5, 5.41) is 17.6. The van der Waals surface area contributed by atoms with Gasteiger partial charge in [0.2, 0.25) is 0 Å². The first-order valence-electron chi connectivity index (χ1n) is 12.4. The number of carbonyl (C=O) groups excluding carboxylic acids is 2. The van der Waals surface area contributed by atoms with Gasteiger partial charge in [0.25, 0.3) is 0 Å². The van der Waals surface area contributed by atoms with Crippen LogP contribution in [0.4, 0.5) is 23.7 Å². The average Bonchev–Trinajstić information content (AvgIpc) is 3.12. The van der Waals surface area contributed by atoms with Gasteiger partial charge in [-0.05, 0) is 59.6 Å². The zero-order chi connectivity index (χ0) is 27.3. The smallest absolute Gasteiger partial charge is 0.444 e. The number of anilines is 1. The van der Waals surface area contributed by atoms with Crippen molar-refractivity contribution in [2.75, 3.05) is 31.5 Å². The Morgan fingerprint density at radius 2 is 1.65 bits per heavy atom. The number of alkyl halides is 3. The molecule has 12 heteroatoms. The number of hydrogen-bond acceptors (Lipinski definition) is 6. The molecule has 9 nitrogen and oxygen atoms in total. The van der Waals surface area contributed by atoms with E-state index in [9.17, 15) is 27.9 Å². The van der Waals surface area contributed by atoms with Crippen LogP contribution < -0.4 is 5.32 Å². The molecule has 2 N–H and O–H groups in total. The van der Waals surface area contributed by atoms with Crippen molar-refractivity contribution < 1.29 is 32.6 Å². The molecule has 2 aromatic rings. The molecule has 37 heavy (non-hydrogen) atoms. The molecule has 1 aliphatic heterocycles. The number of piperazine rings is 1. The number of amides is 2. The number of aliphatic hydroxyl groups is 1. The molecule has 0 spiro atoms. The summed E-state index contributed by atoms with van der Waals surface area (Å²) < 4.78 is 45.8. The number of benzene rings is 1. The van der Waals surface area contributed by atoms with E-state index < -0.39 is 23.3 Å². The second-order valence-corrected chi connectivity index (χ2v) is 11.4. The van der Waals surface area contributed by atoms with Gasteiger partial charge < -0.3 is 20.1 Å². The van der Waals surface area contributed by atoms with E-state index in [1.54, 1.807) is 11.1 Å². The standard InChI is InChI=1S/C25H34F3N5O4/c1-23(2,3)37-22(35)32-8-6-31(7-9-32)16-11-17(12-16)33-14-15-10-20(29-21(34)25(26,27)28)18(24(4,5)36)13-19(15)30-33/h10,13-14,16-17,36H,6-9,11-12H2,1-5H3,(H,29,34). The predicted molar refractivity (Wildman–Crippen MR) is 131 cm³/mol. The van der Waals surface area contributed by atoms with Crippen molar-refractivity contribution in [2.24, 2.45) is 0 Å². The van der Waals surface area contributed by atoms with Crippen LogP contribution in [0.25, 0.3) is 10.9 Å². The van der Waals surface area contributed by atoms with Crippen LogP contribution in [0.1, 0.15) is 59.1 Å². The third-order valence-electron chi connectivity index (χ3n) is 6.77. The number of aromatic nitrogens is 2. The molecular weight excluding hydrogens is 491 g/mol. The van der Waals surface area contributed by atoms with Crippen molar-refractivity contribution in [1.29, 1.82) is 0 Å². The first-order valence-corrected chi connectivity index (χ1v) is 12.4. The molecule has 1 saturated carbocycles. The van der Waals surface area contributed by atoms with Gasteiger partial charge >= 0.3 is 18.2 Å². The lowest BCUT2D eigenvalue weighted by Gasteiger charge is -2.46. The fraction of sp³-hybridized carbons (Fsp3) is 0.640. The molecule has 0 radical (unpaired) electrons. The van der Waals surface area contributed by atoms with Crippen LogP contribution in [-0.2, 0) is 15.1 Å². The summed E-state index contributed by atoms with van der Waals surface area (Å²) in [4.78, 5) is 27.9. The Bertz CT molecular complexity index is 1170. The maximum atomic E-state index is 12.8. The summed E-state index contributed by atoms with van der Waals surface area (Å²) in [5.74, 6) is -2.10. The van der Waals surface area contributed by atoms with E-state index in [1.807, 2.05) is 30.8 Å². The molecular formula is C25H34F3N5O4. The van der Waals surface area contributed by atoms with E-state index in [1.165, 1.54) is 26.0 Å². The van der Waals surface area contributed by atoms with Crippen LogP contribution in [-0.4, -0.2) is 80.7 Å². The van der Waals surface area contributed by atoms with Gasteiger partial charge in [0.05, 0.1) is 17.2 Å². The molecule has 2 aliphatic rings. The number of fused-ring (bicyclic) bond motifs is 1. The Morgan fingerprint density at radius 3 is 2.19 bits per heavy atom. The van der Waals surface area contributed by atoms with Crippen molar-refractivity contribution >= 4 is 28.6 Å². The normalized spacial score (nSPS) is 21.6. The number of hydrogen-bond donors (Lipinski definition) is 2. The molecule has 0 atom stereocenters. The zero-order valence-corrected chi connectivity index (χ0v) is 21.7. The highest BCUT2D eigenvalue weighted by atomic mass is 19.4. The van der Waals surface area contributed by atoms with Crippen LogP contribution >= 0.6 is 0 Å². The molecule has 1 saturated heterocycles. The zero-order valence-electron chi connectivity index (χ0n) is 21.7. The monoisotopic (exact) mass is 525 g/mol. The van der Waals surface area contributed by atoms with Gasteiger partial charge in [-0.15, -0.1) is 0 Å². The quantitative estimate of drug-likeness (QED) is 0.626. The fourth-order valence-corrected chi connectivity index (χ4v) is 4.75. The molecule has 0 unspecified atom stereocenters. The fourth-order valence-electron chi connectivity index (χ4n) is 4.75. The van der Waals surface area contributed by atoms with Gasteiger partial charge in [0.1, 0.15) is 5.60 Å². The Kier molecular flexibility index (Phi) is 6.95. The van der Waals surface area contributed by atoms with Gasteiger partial charge in [-0.25, -0.2) is 4.79 Å². The lowest BCUT2D eigenvalue weighted by molar-refractivity contribution is -0.167. The molecule has 204 valence electrons. The summed E-state index contributed by atoms with van der Waals surface area (Å²) in [7, 11) is 0. The molecule has 4 rings (SSSR count). The number of rotatable bonds is 4. The van der Waals surface area contributed by atoms with Gasteiger partial charge in [0, 0.05) is 55.1 Å². The Hall–Kier alpha value is -2.86. The number of ether oxygens (including phenoxy) is 1.